The number of morpholine rings is 1. The fraction of sp³-hybridized carbons (Fsp3) is 0.444. The van der Waals surface area contributed by atoms with Crippen LogP contribution in [-0.2, 0) is 29.0 Å². The van der Waals surface area contributed by atoms with Gasteiger partial charge in [-0.25, -0.2) is 4.98 Å². The Bertz CT molecular complexity index is 666. The van der Waals surface area contributed by atoms with Crippen molar-refractivity contribution in [3.8, 4) is 0 Å². The zero-order valence-corrected chi connectivity index (χ0v) is 16.4. The van der Waals surface area contributed by atoms with Gasteiger partial charge in [-0.05, 0) is 18.9 Å². The zero-order chi connectivity index (χ0) is 16.8. The highest BCUT2D eigenvalue weighted by Gasteiger charge is 2.28. The minimum absolute atomic E-state index is 0. The molecule has 1 aliphatic heterocycles. The van der Waals surface area contributed by atoms with E-state index in [1.54, 1.807) is 6.20 Å². The summed E-state index contributed by atoms with van der Waals surface area (Å²) in [5.74, 6) is 0.823. The summed E-state index contributed by atoms with van der Waals surface area (Å²) in [5, 5.41) is 6.15. The Morgan fingerprint density at radius 3 is 2.85 bits per heavy atom. The van der Waals surface area contributed by atoms with Gasteiger partial charge in [-0.3, -0.25) is 4.79 Å². The molecule has 6 nitrogen and oxygen atoms in total. The molecule has 0 unspecified atom stereocenters. The number of ether oxygens (including phenoxy) is 1. The molecule has 1 aliphatic rings. The number of nitrogens with one attached hydrogen (secondary N) is 2. The molecule has 1 aromatic carbocycles. The van der Waals surface area contributed by atoms with Gasteiger partial charge in [-0.15, -0.1) is 24.8 Å². The summed E-state index contributed by atoms with van der Waals surface area (Å²) in [7, 11) is 0. The molecule has 3 rings (SSSR count). The van der Waals surface area contributed by atoms with E-state index in [4.69, 9.17) is 4.74 Å². The lowest BCUT2D eigenvalue weighted by Gasteiger charge is -2.29. The Morgan fingerprint density at radius 1 is 1.35 bits per heavy atom. The van der Waals surface area contributed by atoms with E-state index in [-0.39, 0.29) is 42.9 Å². The van der Waals surface area contributed by atoms with Crippen molar-refractivity contribution in [1.82, 2.24) is 20.2 Å². The molecule has 1 fully saturated rings. The Labute approximate surface area is 166 Å². The average Bonchev–Trinajstić information content (AvgIpc) is 3.06. The Morgan fingerprint density at radius 2 is 2.12 bits per heavy atom. The Hall–Kier alpha value is -1.60. The van der Waals surface area contributed by atoms with Gasteiger partial charge in [0.1, 0.15) is 11.9 Å². The Balaban J connectivity index is 0.00000169. The first-order valence-corrected chi connectivity index (χ1v) is 8.40. The maximum absolute atomic E-state index is 12.3. The van der Waals surface area contributed by atoms with Crippen molar-refractivity contribution in [2.24, 2.45) is 0 Å². The van der Waals surface area contributed by atoms with Crippen LogP contribution in [0, 0.1) is 0 Å². The minimum Gasteiger partial charge on any atom is -0.375 e. The van der Waals surface area contributed by atoms with Gasteiger partial charge in [0.05, 0.1) is 19.3 Å². The van der Waals surface area contributed by atoms with E-state index in [2.05, 4.69) is 32.3 Å². The summed E-state index contributed by atoms with van der Waals surface area (Å²) >= 11 is 0. The molecule has 144 valence electrons. The minimum atomic E-state index is -0.300. The van der Waals surface area contributed by atoms with E-state index in [9.17, 15) is 4.79 Å². The maximum Gasteiger partial charge on any atom is 0.240 e. The summed E-state index contributed by atoms with van der Waals surface area (Å²) < 4.78 is 7.60. The van der Waals surface area contributed by atoms with Crippen LogP contribution in [0.15, 0.2) is 42.7 Å². The standard InChI is InChI=1S/C18H24N4O2.2ClH/c1-14-17(20-9-12-24-14)18(23)21-13-16-19-8-11-22(16)10-7-15-5-3-2-4-6-15;;/h2-6,8,11,14,17,20H,7,9-10,12-13H2,1H3,(H,21,23);2*1H/t14-,17+;;/m1../s1. The predicted octanol–water partition coefficient (Wildman–Crippen LogP) is 1.96. The third kappa shape index (κ3) is 5.99. The molecular weight excluding hydrogens is 375 g/mol. The molecule has 2 atom stereocenters. The van der Waals surface area contributed by atoms with E-state index in [1.165, 1.54) is 5.56 Å². The van der Waals surface area contributed by atoms with Crippen LogP contribution < -0.4 is 10.6 Å². The molecule has 2 heterocycles. The number of halogens is 2. The number of benzene rings is 1. The number of carbonyl (C=O) groups excluding carboxylic acids is 1. The molecule has 2 N–H and O–H groups in total. The molecule has 1 saturated heterocycles. The molecule has 2 aromatic rings. The van der Waals surface area contributed by atoms with Crippen molar-refractivity contribution in [2.45, 2.75) is 38.6 Å². The quantitative estimate of drug-likeness (QED) is 0.777. The van der Waals surface area contributed by atoms with Crippen LogP contribution in [0.2, 0.25) is 0 Å². The largest absolute Gasteiger partial charge is 0.375 e. The summed E-state index contributed by atoms with van der Waals surface area (Å²) in [5.41, 5.74) is 1.29. The van der Waals surface area contributed by atoms with E-state index in [1.807, 2.05) is 31.3 Å². The monoisotopic (exact) mass is 400 g/mol. The van der Waals surface area contributed by atoms with Crippen LogP contribution in [0.4, 0.5) is 0 Å². The number of hydrogen-bond donors (Lipinski definition) is 2. The lowest BCUT2D eigenvalue weighted by molar-refractivity contribution is -0.129. The Kier molecular flexibility index (Phi) is 9.65. The third-order valence-electron chi connectivity index (χ3n) is 4.31. The normalized spacial score (nSPS) is 19.1. The number of hydrogen-bond acceptors (Lipinski definition) is 4. The van der Waals surface area contributed by atoms with E-state index in [0.29, 0.717) is 19.7 Å². The summed E-state index contributed by atoms with van der Waals surface area (Å²) in [6.45, 7) is 4.53. The zero-order valence-electron chi connectivity index (χ0n) is 14.8. The molecule has 1 aromatic heterocycles. The number of aryl methyl sites for hydroxylation is 2. The van der Waals surface area contributed by atoms with Crippen LogP contribution in [0.1, 0.15) is 18.3 Å². The summed E-state index contributed by atoms with van der Waals surface area (Å²) in [6, 6.07) is 10.1. The number of amides is 1. The van der Waals surface area contributed by atoms with Gasteiger partial charge in [0, 0.05) is 25.5 Å². The van der Waals surface area contributed by atoms with Gasteiger partial charge >= 0.3 is 0 Å². The second kappa shape index (κ2) is 11.2. The number of imidazole rings is 1. The number of nitrogens with zero attached hydrogens (tertiary/aromatic N) is 2. The first kappa shape index (κ1) is 22.4. The fourth-order valence-electron chi connectivity index (χ4n) is 2.91. The first-order valence-electron chi connectivity index (χ1n) is 8.40. The average molecular weight is 401 g/mol. The van der Waals surface area contributed by atoms with E-state index >= 15 is 0 Å². The van der Waals surface area contributed by atoms with Crippen LogP contribution >= 0.6 is 24.8 Å². The van der Waals surface area contributed by atoms with E-state index in [0.717, 1.165) is 18.8 Å². The smallest absolute Gasteiger partial charge is 0.240 e. The van der Waals surface area contributed by atoms with E-state index < -0.39 is 0 Å². The van der Waals surface area contributed by atoms with Gasteiger partial charge in [-0.2, -0.15) is 0 Å². The molecule has 1 amide bonds. The lowest BCUT2D eigenvalue weighted by Crippen LogP contribution is -2.55. The highest BCUT2D eigenvalue weighted by atomic mass is 35.5. The molecule has 0 spiro atoms. The van der Waals surface area contributed by atoms with Crippen LogP contribution in [-0.4, -0.2) is 40.8 Å². The number of aromatic nitrogens is 2. The highest BCUT2D eigenvalue weighted by molar-refractivity contribution is 5.85. The lowest BCUT2D eigenvalue weighted by atomic mass is 10.1. The van der Waals surface area contributed by atoms with Gasteiger partial charge in [0.2, 0.25) is 5.91 Å². The summed E-state index contributed by atoms with van der Waals surface area (Å²) in [4.78, 5) is 16.7. The SMILES string of the molecule is C[C@H]1OCCN[C@@H]1C(=O)NCc1nccn1CCc1ccccc1.Cl.Cl. The molecular formula is C18H26Cl2N4O2. The van der Waals surface area contributed by atoms with Gasteiger partial charge in [0.25, 0.3) is 0 Å². The van der Waals surface area contributed by atoms with Crippen molar-refractivity contribution >= 4 is 30.7 Å². The van der Waals surface area contributed by atoms with Gasteiger partial charge in [0.15, 0.2) is 0 Å². The first-order chi connectivity index (χ1) is 11.7. The predicted molar refractivity (Wildman–Crippen MR) is 106 cm³/mol. The van der Waals surface area contributed by atoms with Gasteiger partial charge < -0.3 is 19.9 Å². The fourth-order valence-corrected chi connectivity index (χ4v) is 2.91. The number of rotatable bonds is 6. The van der Waals surface area contributed by atoms with Crippen molar-refractivity contribution in [1.29, 1.82) is 0 Å². The maximum atomic E-state index is 12.3. The third-order valence-corrected chi connectivity index (χ3v) is 4.31. The van der Waals surface area contributed by atoms with Crippen molar-refractivity contribution < 1.29 is 9.53 Å². The molecule has 0 saturated carbocycles. The van der Waals surface area contributed by atoms with Crippen LogP contribution in [0.25, 0.3) is 0 Å². The van der Waals surface area contributed by atoms with Crippen LogP contribution in [0.3, 0.4) is 0 Å². The highest BCUT2D eigenvalue weighted by Crippen LogP contribution is 2.06. The van der Waals surface area contributed by atoms with Crippen molar-refractivity contribution in [2.75, 3.05) is 13.2 Å². The van der Waals surface area contributed by atoms with Crippen molar-refractivity contribution in [3.63, 3.8) is 0 Å². The van der Waals surface area contributed by atoms with Gasteiger partial charge in [-0.1, -0.05) is 30.3 Å². The number of carbonyl (C=O) groups is 1. The molecule has 0 radical (unpaired) electrons. The van der Waals surface area contributed by atoms with Crippen molar-refractivity contribution in [3.05, 3.63) is 54.1 Å². The second-order valence-corrected chi connectivity index (χ2v) is 6.00. The van der Waals surface area contributed by atoms with Crippen LogP contribution in [0.5, 0.6) is 0 Å². The molecule has 8 heteroatoms. The molecule has 0 aliphatic carbocycles. The second-order valence-electron chi connectivity index (χ2n) is 6.00. The summed E-state index contributed by atoms with van der Waals surface area (Å²) in [6.07, 6.45) is 4.55. The molecule has 0 bridgehead atoms. The topological polar surface area (TPSA) is 68.2 Å². The molecule has 26 heavy (non-hydrogen) atoms.